The van der Waals surface area contributed by atoms with Crippen molar-refractivity contribution >= 4 is 23.2 Å². The minimum Gasteiger partial charge on any atom is -0.475 e. The van der Waals surface area contributed by atoms with Gasteiger partial charge < -0.3 is 14.8 Å². The third kappa shape index (κ3) is 5.05. The summed E-state index contributed by atoms with van der Waals surface area (Å²) in [6.45, 7) is 9.54. The van der Waals surface area contributed by atoms with Crippen LogP contribution in [0.5, 0.6) is 0 Å². The second-order valence-corrected chi connectivity index (χ2v) is 10.5. The Morgan fingerprint density at radius 2 is 1.00 bits per heavy atom. The molecule has 0 bridgehead atoms. The molecule has 39 heavy (non-hydrogen) atoms. The van der Waals surface area contributed by atoms with E-state index in [1.54, 1.807) is 0 Å². The Kier molecular flexibility index (Phi) is 6.65. The van der Waals surface area contributed by atoms with Gasteiger partial charge in [0, 0.05) is 0 Å². The summed E-state index contributed by atoms with van der Waals surface area (Å²) >= 11 is 0. The van der Waals surface area contributed by atoms with Gasteiger partial charge in [-0.15, -0.1) is 0 Å². The third-order valence-electron chi connectivity index (χ3n) is 7.34. The molecule has 2 heterocycles. The van der Waals surface area contributed by atoms with Crippen molar-refractivity contribution in [1.29, 1.82) is 0 Å². The molecule has 6 rings (SSSR count). The van der Waals surface area contributed by atoms with Gasteiger partial charge in [0.05, 0.1) is 22.5 Å². The van der Waals surface area contributed by atoms with E-state index in [-0.39, 0.29) is 12.1 Å². The minimum atomic E-state index is -0.0114. The highest BCUT2D eigenvalue weighted by Crippen LogP contribution is 2.36. The van der Waals surface area contributed by atoms with Crippen molar-refractivity contribution < 1.29 is 9.47 Å². The van der Waals surface area contributed by atoms with Crippen LogP contribution in [0.25, 0.3) is 0 Å². The summed E-state index contributed by atoms with van der Waals surface area (Å²) in [6, 6.07) is 29.3. The first-order valence-electron chi connectivity index (χ1n) is 13.5. The van der Waals surface area contributed by atoms with E-state index in [0.29, 0.717) is 25.0 Å². The summed E-state index contributed by atoms with van der Waals surface area (Å²) in [5, 5.41) is 3.77. The quantitative estimate of drug-likeness (QED) is 0.286. The first-order valence-corrected chi connectivity index (χ1v) is 13.5. The number of nitrogens with zero attached hydrogens (tertiary/aromatic N) is 2. The SMILES string of the molecule is Cc1cc(C)c(Nc2c(C)cc(C)cc2C2=NC(c3ccccc3)CO2)c(C2=NC(c3ccccc3)CO2)c1. The Bertz CT molecular complexity index is 1460. The molecule has 0 fully saturated rings. The van der Waals surface area contributed by atoms with E-state index >= 15 is 0 Å². The molecule has 4 aromatic carbocycles. The standard InChI is InChI=1S/C34H33N3O2/c1-21-15-23(3)31(27(17-21)33-35-29(19-38-33)25-11-7-5-8-12-25)37-32-24(4)16-22(2)18-28(32)34-36-30(20-39-34)26-13-9-6-10-14-26/h5-18,29-30,37H,19-20H2,1-4H3. The van der Waals surface area contributed by atoms with Crippen molar-refractivity contribution in [3.8, 4) is 0 Å². The molecule has 2 aliphatic rings. The maximum absolute atomic E-state index is 6.20. The maximum Gasteiger partial charge on any atom is 0.219 e. The zero-order valence-electron chi connectivity index (χ0n) is 22.9. The Hall–Kier alpha value is -4.38. The molecule has 0 aliphatic carbocycles. The average Bonchev–Trinajstić information content (AvgIpc) is 3.63. The summed E-state index contributed by atoms with van der Waals surface area (Å²) in [6.07, 6.45) is 0. The lowest BCUT2D eigenvalue weighted by atomic mass is 10.00. The van der Waals surface area contributed by atoms with Gasteiger partial charge in [-0.25, -0.2) is 9.98 Å². The lowest BCUT2D eigenvalue weighted by Gasteiger charge is -2.20. The van der Waals surface area contributed by atoms with E-state index in [2.05, 4.69) is 81.5 Å². The van der Waals surface area contributed by atoms with Gasteiger partial charge in [0.25, 0.3) is 0 Å². The number of rotatable bonds is 6. The van der Waals surface area contributed by atoms with Gasteiger partial charge in [-0.05, 0) is 73.2 Å². The van der Waals surface area contributed by atoms with Gasteiger partial charge in [-0.1, -0.05) is 72.8 Å². The Morgan fingerprint density at radius 1 is 0.590 bits per heavy atom. The molecule has 1 N–H and O–H groups in total. The van der Waals surface area contributed by atoms with E-state index < -0.39 is 0 Å². The summed E-state index contributed by atoms with van der Waals surface area (Å²) in [4.78, 5) is 10.00. The van der Waals surface area contributed by atoms with Crippen LogP contribution in [0.4, 0.5) is 11.4 Å². The van der Waals surface area contributed by atoms with Gasteiger partial charge in [0.1, 0.15) is 25.3 Å². The Balaban J connectivity index is 1.39. The molecule has 0 saturated carbocycles. The lowest BCUT2D eigenvalue weighted by Crippen LogP contribution is -2.12. The molecule has 0 spiro atoms. The highest BCUT2D eigenvalue weighted by molar-refractivity contribution is 6.05. The van der Waals surface area contributed by atoms with E-state index in [4.69, 9.17) is 19.5 Å². The second-order valence-electron chi connectivity index (χ2n) is 10.5. The van der Waals surface area contributed by atoms with Crippen molar-refractivity contribution in [2.24, 2.45) is 9.98 Å². The van der Waals surface area contributed by atoms with Crippen LogP contribution in [0, 0.1) is 27.7 Å². The van der Waals surface area contributed by atoms with Crippen LogP contribution in [0.2, 0.25) is 0 Å². The second kappa shape index (κ2) is 10.4. The molecule has 0 radical (unpaired) electrons. The number of ether oxygens (including phenoxy) is 2. The number of aryl methyl sites for hydroxylation is 4. The molecule has 5 nitrogen and oxygen atoms in total. The Labute approximate surface area is 230 Å². The molecule has 196 valence electrons. The first-order chi connectivity index (χ1) is 19.0. The zero-order valence-corrected chi connectivity index (χ0v) is 22.9. The molecule has 0 saturated heterocycles. The van der Waals surface area contributed by atoms with Gasteiger partial charge in [0.15, 0.2) is 0 Å². The van der Waals surface area contributed by atoms with Crippen molar-refractivity contribution in [2.75, 3.05) is 18.5 Å². The van der Waals surface area contributed by atoms with Crippen LogP contribution < -0.4 is 5.32 Å². The molecule has 2 unspecified atom stereocenters. The molecule has 0 amide bonds. The summed E-state index contributed by atoms with van der Waals surface area (Å²) in [7, 11) is 0. The highest BCUT2D eigenvalue weighted by Gasteiger charge is 2.27. The predicted molar refractivity (Wildman–Crippen MR) is 158 cm³/mol. The Morgan fingerprint density at radius 3 is 1.41 bits per heavy atom. The molecular formula is C34H33N3O2. The minimum absolute atomic E-state index is 0.0114. The van der Waals surface area contributed by atoms with E-state index in [0.717, 1.165) is 55.9 Å². The van der Waals surface area contributed by atoms with Crippen LogP contribution in [0.3, 0.4) is 0 Å². The van der Waals surface area contributed by atoms with Gasteiger partial charge in [-0.2, -0.15) is 0 Å². The van der Waals surface area contributed by atoms with Crippen LogP contribution in [-0.4, -0.2) is 25.0 Å². The van der Waals surface area contributed by atoms with E-state index in [1.807, 2.05) is 36.4 Å². The van der Waals surface area contributed by atoms with E-state index in [9.17, 15) is 0 Å². The zero-order chi connectivity index (χ0) is 26.9. The monoisotopic (exact) mass is 515 g/mol. The predicted octanol–water partition coefficient (Wildman–Crippen LogP) is 7.70. The largest absolute Gasteiger partial charge is 0.475 e. The molecular weight excluding hydrogens is 482 g/mol. The number of hydrogen-bond donors (Lipinski definition) is 1. The van der Waals surface area contributed by atoms with Crippen molar-refractivity contribution in [3.05, 3.63) is 129 Å². The van der Waals surface area contributed by atoms with Crippen molar-refractivity contribution in [2.45, 2.75) is 39.8 Å². The molecule has 2 atom stereocenters. The molecule has 2 aliphatic heterocycles. The normalized spacial score (nSPS) is 18.3. The molecule has 4 aromatic rings. The number of benzene rings is 4. The van der Waals surface area contributed by atoms with Crippen molar-refractivity contribution in [1.82, 2.24) is 0 Å². The van der Waals surface area contributed by atoms with Crippen LogP contribution in [0.15, 0.2) is 94.9 Å². The van der Waals surface area contributed by atoms with Gasteiger partial charge >= 0.3 is 0 Å². The average molecular weight is 516 g/mol. The molecule has 5 heteroatoms. The number of anilines is 2. The summed E-state index contributed by atoms with van der Waals surface area (Å²) in [5.41, 5.74) is 10.8. The van der Waals surface area contributed by atoms with Crippen molar-refractivity contribution in [3.63, 3.8) is 0 Å². The van der Waals surface area contributed by atoms with Gasteiger partial charge in [0.2, 0.25) is 11.8 Å². The topological polar surface area (TPSA) is 55.2 Å². The fraction of sp³-hybridized carbons (Fsp3) is 0.235. The van der Waals surface area contributed by atoms with Crippen LogP contribution in [0.1, 0.15) is 56.6 Å². The van der Waals surface area contributed by atoms with Crippen LogP contribution >= 0.6 is 0 Å². The number of nitrogens with one attached hydrogen (secondary N) is 1. The fourth-order valence-corrected chi connectivity index (χ4v) is 5.46. The number of hydrogen-bond acceptors (Lipinski definition) is 5. The smallest absolute Gasteiger partial charge is 0.219 e. The summed E-state index contributed by atoms with van der Waals surface area (Å²) in [5.74, 6) is 1.34. The fourth-order valence-electron chi connectivity index (χ4n) is 5.46. The third-order valence-corrected chi connectivity index (χ3v) is 7.34. The number of aliphatic imine (C=N–C) groups is 2. The first kappa shape index (κ1) is 24.9. The molecule has 0 aromatic heterocycles. The van der Waals surface area contributed by atoms with E-state index in [1.165, 1.54) is 0 Å². The lowest BCUT2D eigenvalue weighted by molar-refractivity contribution is 0.320. The highest BCUT2D eigenvalue weighted by atomic mass is 16.5. The maximum atomic E-state index is 6.20. The summed E-state index contributed by atoms with van der Waals surface area (Å²) < 4.78 is 12.4. The van der Waals surface area contributed by atoms with Gasteiger partial charge in [-0.3, -0.25) is 0 Å². The van der Waals surface area contributed by atoms with Crippen LogP contribution in [-0.2, 0) is 9.47 Å².